The highest BCUT2D eigenvalue weighted by molar-refractivity contribution is 7.91. The van der Waals surface area contributed by atoms with Crippen LogP contribution in [0.1, 0.15) is 0 Å². The van der Waals surface area contributed by atoms with Gasteiger partial charge in [0.1, 0.15) is 0 Å². The lowest BCUT2D eigenvalue weighted by molar-refractivity contribution is 0.492. The van der Waals surface area contributed by atoms with E-state index in [4.69, 9.17) is 4.55 Å². The number of rotatable bonds is 2. The van der Waals surface area contributed by atoms with E-state index < -0.39 is 10.1 Å². The van der Waals surface area contributed by atoms with Crippen LogP contribution in [0.2, 0.25) is 0 Å². The van der Waals surface area contributed by atoms with Gasteiger partial charge in [0.05, 0.1) is 4.91 Å². The molecule has 0 aliphatic rings. The Balaban J connectivity index is 4.77. The molecule has 52 valence electrons. The molecule has 0 rings (SSSR count). The number of hydrogen-bond donors (Lipinski definition) is 2. The van der Waals surface area contributed by atoms with Gasteiger partial charge in [0, 0.05) is 0 Å². The molecule has 0 aliphatic heterocycles. The fourth-order valence-electron chi connectivity index (χ4n) is 0.225. The van der Waals surface area contributed by atoms with Crippen molar-refractivity contribution >= 4 is 22.7 Å². The zero-order valence-electron chi connectivity index (χ0n) is 4.48. The van der Waals surface area contributed by atoms with Crippen LogP contribution < -0.4 is 0 Å². The lowest BCUT2D eigenvalue weighted by atomic mass is 10.6. The maximum absolute atomic E-state index is 10.2. The van der Waals surface area contributed by atoms with E-state index in [0.717, 1.165) is 11.5 Å². The zero-order valence-corrected chi connectivity index (χ0v) is 6.19. The summed E-state index contributed by atoms with van der Waals surface area (Å²) in [6, 6.07) is 0. The summed E-state index contributed by atoms with van der Waals surface area (Å²) in [5, 5.41) is 0.961. The summed E-state index contributed by atoms with van der Waals surface area (Å²) >= 11 is 3.52. The second-order valence-corrected chi connectivity index (χ2v) is 2.89. The van der Waals surface area contributed by atoms with Crippen LogP contribution in [-0.2, 0) is 10.1 Å². The Hall–Kier alpha value is -0.260. The minimum Gasteiger partial charge on any atom is -0.282 e. The third-order valence-electron chi connectivity index (χ3n) is 0.626. The first kappa shape index (κ1) is 8.74. The van der Waals surface area contributed by atoms with Crippen molar-refractivity contribution in [3.05, 3.63) is 23.0 Å². The van der Waals surface area contributed by atoms with E-state index in [0.29, 0.717) is 0 Å². The minimum atomic E-state index is -4.10. The van der Waals surface area contributed by atoms with E-state index in [1.807, 2.05) is 0 Å². The van der Waals surface area contributed by atoms with E-state index in [-0.39, 0.29) is 4.91 Å². The van der Waals surface area contributed by atoms with E-state index in [9.17, 15) is 8.42 Å². The highest BCUT2D eigenvalue weighted by atomic mass is 32.2. The van der Waals surface area contributed by atoms with Crippen LogP contribution in [0.15, 0.2) is 23.0 Å². The number of hydrogen-bond acceptors (Lipinski definition) is 3. The summed E-state index contributed by atoms with van der Waals surface area (Å²) in [5.41, 5.74) is 0. The molecular formula is C4H6O3S2. The molecule has 0 saturated carbocycles. The standard InChI is InChI=1S/C4H6O3S2/c1-2-4(3-8)9(5,6)7/h2-3,8H,1H2,(H,5,6,7). The summed E-state index contributed by atoms with van der Waals surface area (Å²) in [5.74, 6) is 0. The van der Waals surface area contributed by atoms with Gasteiger partial charge in [-0.15, -0.1) is 12.6 Å². The first-order chi connectivity index (χ1) is 4.02. The first-order valence-electron chi connectivity index (χ1n) is 1.96. The molecule has 0 atom stereocenters. The minimum absolute atomic E-state index is 0.300. The average molecular weight is 166 g/mol. The first-order valence-corrected chi connectivity index (χ1v) is 3.92. The van der Waals surface area contributed by atoms with Crippen molar-refractivity contribution in [2.75, 3.05) is 0 Å². The Morgan fingerprint density at radius 3 is 2.11 bits per heavy atom. The molecule has 0 unspecified atom stereocenters. The van der Waals surface area contributed by atoms with Gasteiger partial charge in [-0.2, -0.15) is 8.42 Å². The zero-order chi connectivity index (χ0) is 7.49. The van der Waals surface area contributed by atoms with Crippen molar-refractivity contribution in [1.29, 1.82) is 0 Å². The maximum atomic E-state index is 10.2. The normalized spacial score (nSPS) is 13.3. The number of thiol groups is 1. The van der Waals surface area contributed by atoms with Crippen LogP contribution in [0, 0.1) is 0 Å². The van der Waals surface area contributed by atoms with Gasteiger partial charge in [-0.05, 0) is 11.5 Å². The Kier molecular flexibility index (Phi) is 2.96. The molecule has 0 amide bonds. The summed E-state index contributed by atoms with van der Waals surface area (Å²) in [4.78, 5) is -0.300. The molecule has 3 nitrogen and oxygen atoms in total. The molecule has 0 aromatic heterocycles. The fourth-order valence-corrected chi connectivity index (χ4v) is 1.07. The fraction of sp³-hybridized carbons (Fsp3) is 0. The van der Waals surface area contributed by atoms with Gasteiger partial charge in [-0.1, -0.05) is 6.58 Å². The lowest BCUT2D eigenvalue weighted by Crippen LogP contribution is -1.97. The van der Waals surface area contributed by atoms with Gasteiger partial charge < -0.3 is 0 Å². The maximum Gasteiger partial charge on any atom is 0.294 e. The molecule has 0 fully saturated rings. The number of allylic oxidation sites excluding steroid dienone is 1. The van der Waals surface area contributed by atoms with Crippen LogP contribution in [-0.4, -0.2) is 13.0 Å². The van der Waals surface area contributed by atoms with Crippen LogP contribution in [0.3, 0.4) is 0 Å². The van der Waals surface area contributed by atoms with Gasteiger partial charge in [-0.25, -0.2) is 0 Å². The van der Waals surface area contributed by atoms with E-state index in [1.54, 1.807) is 0 Å². The highest BCUT2D eigenvalue weighted by Crippen LogP contribution is 2.04. The predicted molar refractivity (Wildman–Crippen MR) is 38.8 cm³/mol. The van der Waals surface area contributed by atoms with Crippen LogP contribution in [0.5, 0.6) is 0 Å². The van der Waals surface area contributed by atoms with Crippen molar-refractivity contribution in [2.45, 2.75) is 0 Å². The average Bonchev–Trinajstić information content (AvgIpc) is 1.65. The molecule has 0 aromatic rings. The molecule has 0 bridgehead atoms. The van der Waals surface area contributed by atoms with Gasteiger partial charge in [0.15, 0.2) is 0 Å². The molecule has 0 radical (unpaired) electrons. The third-order valence-corrected chi connectivity index (χ3v) is 1.96. The summed E-state index contributed by atoms with van der Waals surface area (Å²) < 4.78 is 28.6. The third kappa shape index (κ3) is 2.69. The van der Waals surface area contributed by atoms with Crippen LogP contribution in [0.25, 0.3) is 0 Å². The van der Waals surface area contributed by atoms with Gasteiger partial charge >= 0.3 is 0 Å². The van der Waals surface area contributed by atoms with E-state index in [2.05, 4.69) is 19.2 Å². The SMILES string of the molecule is C=CC(=CS)S(=O)(=O)O. The largest absolute Gasteiger partial charge is 0.294 e. The second kappa shape index (κ2) is 3.05. The highest BCUT2D eigenvalue weighted by Gasteiger charge is 2.06. The molecule has 0 saturated heterocycles. The van der Waals surface area contributed by atoms with Gasteiger partial charge in [0.25, 0.3) is 10.1 Å². The van der Waals surface area contributed by atoms with Crippen molar-refractivity contribution in [3.8, 4) is 0 Å². The summed E-state index contributed by atoms with van der Waals surface area (Å²) in [7, 11) is -4.10. The van der Waals surface area contributed by atoms with Crippen molar-refractivity contribution in [2.24, 2.45) is 0 Å². The lowest BCUT2D eigenvalue weighted by Gasteiger charge is -1.91. The quantitative estimate of drug-likeness (QED) is 0.363. The molecular weight excluding hydrogens is 160 g/mol. The Bertz CT molecular complexity index is 224. The molecule has 1 N–H and O–H groups in total. The van der Waals surface area contributed by atoms with E-state index in [1.165, 1.54) is 0 Å². The van der Waals surface area contributed by atoms with Gasteiger partial charge in [0.2, 0.25) is 0 Å². The van der Waals surface area contributed by atoms with Gasteiger partial charge in [-0.3, -0.25) is 4.55 Å². The predicted octanol–water partition coefficient (Wildman–Crippen LogP) is 0.831. The Morgan fingerprint density at radius 2 is 2.11 bits per heavy atom. The summed E-state index contributed by atoms with van der Waals surface area (Å²) in [6.45, 7) is 3.14. The molecule has 5 heteroatoms. The Morgan fingerprint density at radius 1 is 1.67 bits per heavy atom. The smallest absolute Gasteiger partial charge is 0.282 e. The monoisotopic (exact) mass is 166 g/mol. The van der Waals surface area contributed by atoms with Crippen LogP contribution in [0.4, 0.5) is 0 Å². The topological polar surface area (TPSA) is 54.4 Å². The molecule has 9 heavy (non-hydrogen) atoms. The molecule has 0 aliphatic carbocycles. The van der Waals surface area contributed by atoms with Crippen molar-refractivity contribution < 1.29 is 13.0 Å². The Labute approximate surface area is 59.2 Å². The van der Waals surface area contributed by atoms with Crippen molar-refractivity contribution in [1.82, 2.24) is 0 Å². The molecule has 0 heterocycles. The van der Waals surface area contributed by atoms with E-state index >= 15 is 0 Å². The molecule has 0 aromatic carbocycles. The second-order valence-electron chi connectivity index (χ2n) is 1.21. The van der Waals surface area contributed by atoms with Crippen LogP contribution >= 0.6 is 12.6 Å². The molecule has 0 spiro atoms. The summed E-state index contributed by atoms with van der Waals surface area (Å²) in [6.07, 6.45) is 1.00. The van der Waals surface area contributed by atoms with Crippen molar-refractivity contribution in [3.63, 3.8) is 0 Å².